The molecule has 1 rings (SSSR count). The van der Waals surface area contributed by atoms with Gasteiger partial charge in [0, 0.05) is 15.5 Å². The average molecular weight is 214 g/mol. The van der Waals surface area contributed by atoms with Crippen molar-refractivity contribution in [2.24, 2.45) is 0 Å². The van der Waals surface area contributed by atoms with Gasteiger partial charge < -0.3 is 5.11 Å². The molecule has 72 valence electrons. The van der Waals surface area contributed by atoms with Crippen LogP contribution in [-0.4, -0.2) is 23.2 Å². The molecule has 1 aromatic carbocycles. The second-order valence-electron chi connectivity index (χ2n) is 2.48. The number of benzene rings is 1. The molecule has 0 aliphatic heterocycles. The number of hydrogen-bond acceptors (Lipinski definition) is 3. The fourth-order valence-corrected chi connectivity index (χ4v) is 2.28. The van der Waals surface area contributed by atoms with Gasteiger partial charge in [-0.3, -0.25) is 0 Å². The first-order chi connectivity index (χ1) is 6.36. The van der Waals surface area contributed by atoms with Gasteiger partial charge >= 0.3 is 0 Å². The first-order valence-electron chi connectivity index (χ1n) is 4.33. The van der Waals surface area contributed by atoms with E-state index in [2.05, 4.69) is 31.2 Å². The zero-order valence-corrected chi connectivity index (χ0v) is 9.33. The molecule has 0 bridgehead atoms. The van der Waals surface area contributed by atoms with Crippen LogP contribution in [0.5, 0.6) is 0 Å². The van der Waals surface area contributed by atoms with Crippen LogP contribution in [-0.2, 0) is 0 Å². The molecule has 0 unspecified atom stereocenters. The Labute approximate surface area is 87.9 Å². The standard InChI is InChI=1S/C10H14OS2/c1-2-12-9-3-5-10(6-4-9)13-8-7-11/h3-6,11H,2,7-8H2,1H3. The van der Waals surface area contributed by atoms with E-state index < -0.39 is 0 Å². The highest BCUT2D eigenvalue weighted by molar-refractivity contribution is 7.99. The second kappa shape index (κ2) is 6.35. The van der Waals surface area contributed by atoms with Crippen LogP contribution in [0.3, 0.4) is 0 Å². The fourth-order valence-electron chi connectivity index (χ4n) is 0.962. The van der Waals surface area contributed by atoms with Crippen LogP contribution < -0.4 is 0 Å². The van der Waals surface area contributed by atoms with E-state index in [1.54, 1.807) is 11.8 Å². The van der Waals surface area contributed by atoms with E-state index in [0.29, 0.717) is 0 Å². The summed E-state index contributed by atoms with van der Waals surface area (Å²) in [7, 11) is 0. The van der Waals surface area contributed by atoms with E-state index in [-0.39, 0.29) is 6.61 Å². The highest BCUT2D eigenvalue weighted by Crippen LogP contribution is 2.22. The predicted octanol–water partition coefficient (Wildman–Crippen LogP) is 2.88. The summed E-state index contributed by atoms with van der Waals surface area (Å²) in [6.45, 7) is 2.40. The maximum atomic E-state index is 8.64. The zero-order chi connectivity index (χ0) is 9.52. The van der Waals surface area contributed by atoms with Crippen molar-refractivity contribution >= 4 is 23.5 Å². The monoisotopic (exact) mass is 214 g/mol. The summed E-state index contributed by atoms with van der Waals surface area (Å²) < 4.78 is 0. The van der Waals surface area contributed by atoms with Gasteiger partial charge in [0.1, 0.15) is 0 Å². The van der Waals surface area contributed by atoms with E-state index >= 15 is 0 Å². The Bertz CT molecular complexity index is 233. The summed E-state index contributed by atoms with van der Waals surface area (Å²) >= 11 is 3.54. The molecule has 13 heavy (non-hydrogen) atoms. The molecule has 1 aromatic rings. The lowest BCUT2D eigenvalue weighted by molar-refractivity contribution is 0.322. The second-order valence-corrected chi connectivity index (χ2v) is 4.98. The number of hydrogen-bond donors (Lipinski definition) is 1. The molecule has 0 amide bonds. The molecule has 0 saturated carbocycles. The Kier molecular flexibility index (Phi) is 5.35. The van der Waals surface area contributed by atoms with Gasteiger partial charge in [-0.05, 0) is 30.0 Å². The van der Waals surface area contributed by atoms with Crippen molar-refractivity contribution in [2.45, 2.75) is 16.7 Å². The van der Waals surface area contributed by atoms with Crippen LogP contribution in [0.25, 0.3) is 0 Å². The average Bonchev–Trinajstić information content (AvgIpc) is 2.17. The van der Waals surface area contributed by atoms with Gasteiger partial charge in [0.2, 0.25) is 0 Å². The number of thioether (sulfide) groups is 2. The Morgan fingerprint density at radius 3 is 2.08 bits per heavy atom. The molecule has 0 atom stereocenters. The number of aliphatic hydroxyl groups is 1. The lowest BCUT2D eigenvalue weighted by atomic mass is 10.4. The van der Waals surface area contributed by atoms with Gasteiger partial charge in [0.15, 0.2) is 0 Å². The van der Waals surface area contributed by atoms with E-state index in [9.17, 15) is 0 Å². The minimum Gasteiger partial charge on any atom is -0.396 e. The van der Waals surface area contributed by atoms with Crippen molar-refractivity contribution < 1.29 is 5.11 Å². The Hall–Kier alpha value is -0.120. The summed E-state index contributed by atoms with van der Waals surface area (Å²) in [4.78, 5) is 2.55. The van der Waals surface area contributed by atoms with Crippen molar-refractivity contribution in [3.8, 4) is 0 Å². The summed E-state index contributed by atoms with van der Waals surface area (Å²) in [6, 6.07) is 8.48. The van der Waals surface area contributed by atoms with E-state index in [0.717, 1.165) is 11.5 Å². The normalized spacial score (nSPS) is 10.3. The Morgan fingerprint density at radius 2 is 1.62 bits per heavy atom. The molecule has 0 aliphatic carbocycles. The first kappa shape index (κ1) is 11.0. The summed E-state index contributed by atoms with van der Waals surface area (Å²) in [5.74, 6) is 1.89. The Balaban J connectivity index is 2.48. The maximum absolute atomic E-state index is 8.64. The van der Waals surface area contributed by atoms with Crippen molar-refractivity contribution in [3.05, 3.63) is 24.3 Å². The summed E-state index contributed by atoms with van der Waals surface area (Å²) in [5, 5.41) is 8.64. The third kappa shape index (κ3) is 4.07. The molecular weight excluding hydrogens is 200 g/mol. The van der Waals surface area contributed by atoms with Gasteiger partial charge in [-0.25, -0.2) is 0 Å². The van der Waals surface area contributed by atoms with Crippen molar-refractivity contribution in [1.82, 2.24) is 0 Å². The third-order valence-electron chi connectivity index (χ3n) is 1.49. The largest absolute Gasteiger partial charge is 0.396 e. The SMILES string of the molecule is CCSc1ccc(SCCO)cc1. The zero-order valence-electron chi connectivity index (χ0n) is 7.69. The van der Waals surface area contributed by atoms with Gasteiger partial charge in [-0.15, -0.1) is 23.5 Å². The smallest absolute Gasteiger partial charge is 0.0525 e. The molecule has 0 heterocycles. The molecule has 1 nitrogen and oxygen atoms in total. The number of aliphatic hydroxyl groups excluding tert-OH is 1. The third-order valence-corrected chi connectivity index (χ3v) is 3.38. The van der Waals surface area contributed by atoms with Gasteiger partial charge in [-0.2, -0.15) is 0 Å². The lowest BCUT2D eigenvalue weighted by Gasteiger charge is -2.01. The van der Waals surface area contributed by atoms with E-state index in [1.807, 2.05) is 11.8 Å². The van der Waals surface area contributed by atoms with E-state index in [1.165, 1.54) is 9.79 Å². The van der Waals surface area contributed by atoms with Crippen molar-refractivity contribution in [3.63, 3.8) is 0 Å². The van der Waals surface area contributed by atoms with Crippen LogP contribution in [0.15, 0.2) is 34.1 Å². The molecular formula is C10H14OS2. The predicted molar refractivity (Wildman–Crippen MR) is 60.6 cm³/mol. The fraction of sp³-hybridized carbons (Fsp3) is 0.400. The van der Waals surface area contributed by atoms with Crippen molar-refractivity contribution in [2.75, 3.05) is 18.1 Å². The molecule has 0 saturated heterocycles. The van der Waals surface area contributed by atoms with Crippen LogP contribution in [0, 0.1) is 0 Å². The van der Waals surface area contributed by atoms with Gasteiger partial charge in [0.05, 0.1) is 6.61 Å². The summed E-state index contributed by atoms with van der Waals surface area (Å²) in [6.07, 6.45) is 0. The molecule has 0 aromatic heterocycles. The van der Waals surface area contributed by atoms with Crippen LogP contribution in [0.2, 0.25) is 0 Å². The van der Waals surface area contributed by atoms with Crippen LogP contribution in [0.1, 0.15) is 6.92 Å². The molecule has 0 fully saturated rings. The van der Waals surface area contributed by atoms with Crippen LogP contribution in [0.4, 0.5) is 0 Å². The van der Waals surface area contributed by atoms with Gasteiger partial charge in [0.25, 0.3) is 0 Å². The topological polar surface area (TPSA) is 20.2 Å². The van der Waals surface area contributed by atoms with Crippen LogP contribution >= 0.6 is 23.5 Å². The Morgan fingerprint density at radius 1 is 1.08 bits per heavy atom. The van der Waals surface area contributed by atoms with Gasteiger partial charge in [-0.1, -0.05) is 6.92 Å². The van der Waals surface area contributed by atoms with Crippen molar-refractivity contribution in [1.29, 1.82) is 0 Å². The summed E-state index contributed by atoms with van der Waals surface area (Å²) in [5.41, 5.74) is 0. The quantitative estimate of drug-likeness (QED) is 0.761. The highest BCUT2D eigenvalue weighted by atomic mass is 32.2. The maximum Gasteiger partial charge on any atom is 0.0525 e. The van der Waals surface area contributed by atoms with E-state index in [4.69, 9.17) is 5.11 Å². The number of rotatable bonds is 5. The molecule has 0 aliphatic rings. The molecule has 0 spiro atoms. The highest BCUT2D eigenvalue weighted by Gasteiger charge is 1.94. The molecule has 3 heteroatoms. The molecule has 0 radical (unpaired) electrons. The first-order valence-corrected chi connectivity index (χ1v) is 6.30. The molecule has 1 N–H and O–H groups in total. The minimum absolute atomic E-state index is 0.246. The lowest BCUT2D eigenvalue weighted by Crippen LogP contribution is -1.84. The minimum atomic E-state index is 0.246.